The zero-order chi connectivity index (χ0) is 15.2. The second kappa shape index (κ2) is 7.46. The SMILES string of the molecule is CCN1CCN(C(=O)CCOc2cc(C)ccc2C)CC1. The van der Waals surface area contributed by atoms with Crippen LogP contribution in [0.5, 0.6) is 5.75 Å². The van der Waals surface area contributed by atoms with Gasteiger partial charge >= 0.3 is 0 Å². The number of benzene rings is 1. The van der Waals surface area contributed by atoms with E-state index in [4.69, 9.17) is 4.74 Å². The molecule has 21 heavy (non-hydrogen) atoms. The van der Waals surface area contributed by atoms with Gasteiger partial charge in [-0.15, -0.1) is 0 Å². The normalized spacial score (nSPS) is 16.0. The Morgan fingerprint density at radius 2 is 1.90 bits per heavy atom. The second-order valence-corrected chi connectivity index (χ2v) is 5.68. The van der Waals surface area contributed by atoms with Gasteiger partial charge in [-0.1, -0.05) is 19.1 Å². The molecule has 116 valence electrons. The van der Waals surface area contributed by atoms with Crippen LogP contribution in [0, 0.1) is 13.8 Å². The van der Waals surface area contributed by atoms with Gasteiger partial charge < -0.3 is 14.5 Å². The van der Waals surface area contributed by atoms with Crippen LogP contribution in [-0.4, -0.2) is 55.0 Å². The molecule has 4 nitrogen and oxygen atoms in total. The van der Waals surface area contributed by atoms with Crippen molar-refractivity contribution < 1.29 is 9.53 Å². The molecule has 0 N–H and O–H groups in total. The second-order valence-electron chi connectivity index (χ2n) is 5.68. The van der Waals surface area contributed by atoms with Crippen molar-refractivity contribution in [2.75, 3.05) is 39.3 Å². The molecule has 0 saturated carbocycles. The number of hydrogen-bond donors (Lipinski definition) is 0. The predicted molar refractivity (Wildman–Crippen MR) is 84.7 cm³/mol. The predicted octanol–water partition coefficient (Wildman–Crippen LogP) is 2.24. The standard InChI is InChI=1S/C17H26N2O2/c1-4-18-8-10-19(11-9-18)17(20)7-12-21-16-13-14(2)5-6-15(16)3/h5-6,13H,4,7-12H2,1-3H3. The maximum absolute atomic E-state index is 12.2. The summed E-state index contributed by atoms with van der Waals surface area (Å²) < 4.78 is 5.76. The first-order valence-corrected chi connectivity index (χ1v) is 7.80. The number of amides is 1. The first kappa shape index (κ1) is 15.8. The lowest BCUT2D eigenvalue weighted by Crippen LogP contribution is -2.48. The lowest BCUT2D eigenvalue weighted by molar-refractivity contribution is -0.133. The van der Waals surface area contributed by atoms with Crippen LogP contribution in [0.15, 0.2) is 18.2 Å². The Morgan fingerprint density at radius 1 is 1.19 bits per heavy atom. The van der Waals surface area contributed by atoms with Gasteiger partial charge in [0.1, 0.15) is 5.75 Å². The average molecular weight is 290 g/mol. The van der Waals surface area contributed by atoms with Crippen LogP contribution in [0.2, 0.25) is 0 Å². The number of piperazine rings is 1. The Kier molecular flexibility index (Phi) is 5.62. The van der Waals surface area contributed by atoms with Crippen molar-refractivity contribution in [2.24, 2.45) is 0 Å². The van der Waals surface area contributed by atoms with Gasteiger partial charge in [-0.3, -0.25) is 4.79 Å². The summed E-state index contributed by atoms with van der Waals surface area (Å²) in [4.78, 5) is 16.5. The molecule has 2 rings (SSSR count). The first-order chi connectivity index (χ1) is 10.1. The third-order valence-corrected chi connectivity index (χ3v) is 4.09. The van der Waals surface area contributed by atoms with Crippen LogP contribution in [0.1, 0.15) is 24.5 Å². The van der Waals surface area contributed by atoms with Gasteiger partial charge in [0.25, 0.3) is 0 Å². The van der Waals surface area contributed by atoms with E-state index in [9.17, 15) is 4.79 Å². The van der Waals surface area contributed by atoms with Gasteiger partial charge in [0, 0.05) is 26.2 Å². The van der Waals surface area contributed by atoms with Gasteiger partial charge in [0.2, 0.25) is 5.91 Å². The summed E-state index contributed by atoms with van der Waals surface area (Å²) in [5.41, 5.74) is 2.29. The number of carbonyl (C=O) groups is 1. The molecule has 1 aliphatic rings. The number of aryl methyl sites for hydroxylation is 2. The van der Waals surface area contributed by atoms with E-state index in [1.807, 2.05) is 24.8 Å². The fourth-order valence-corrected chi connectivity index (χ4v) is 2.58. The first-order valence-electron chi connectivity index (χ1n) is 7.80. The molecule has 0 aromatic heterocycles. The number of hydrogen-bond acceptors (Lipinski definition) is 3. The fourth-order valence-electron chi connectivity index (χ4n) is 2.58. The van der Waals surface area contributed by atoms with E-state index in [0.29, 0.717) is 13.0 Å². The van der Waals surface area contributed by atoms with Crippen molar-refractivity contribution in [3.8, 4) is 5.75 Å². The Morgan fingerprint density at radius 3 is 2.57 bits per heavy atom. The number of nitrogens with zero attached hydrogens (tertiary/aromatic N) is 2. The molecule has 1 aliphatic heterocycles. The molecule has 0 unspecified atom stereocenters. The molecule has 0 radical (unpaired) electrons. The highest BCUT2D eigenvalue weighted by molar-refractivity contribution is 5.76. The van der Waals surface area contributed by atoms with E-state index in [-0.39, 0.29) is 5.91 Å². The van der Waals surface area contributed by atoms with Crippen LogP contribution >= 0.6 is 0 Å². The molecule has 0 spiro atoms. The molecule has 1 amide bonds. The molecule has 0 atom stereocenters. The molecule has 4 heteroatoms. The largest absolute Gasteiger partial charge is 0.493 e. The smallest absolute Gasteiger partial charge is 0.226 e. The van der Waals surface area contributed by atoms with Crippen molar-refractivity contribution >= 4 is 5.91 Å². The molecular weight excluding hydrogens is 264 g/mol. The van der Waals surface area contributed by atoms with Crippen LogP contribution in [0.4, 0.5) is 0 Å². The highest BCUT2D eigenvalue weighted by Crippen LogP contribution is 2.19. The Hall–Kier alpha value is -1.55. The molecular formula is C17H26N2O2. The van der Waals surface area contributed by atoms with Crippen LogP contribution in [-0.2, 0) is 4.79 Å². The fraction of sp³-hybridized carbons (Fsp3) is 0.588. The molecule has 1 saturated heterocycles. The van der Waals surface area contributed by atoms with Gasteiger partial charge in [-0.05, 0) is 37.6 Å². The molecule has 1 fully saturated rings. The van der Waals surface area contributed by atoms with E-state index in [0.717, 1.165) is 44.0 Å². The lowest BCUT2D eigenvalue weighted by atomic mass is 10.1. The minimum atomic E-state index is 0.205. The quantitative estimate of drug-likeness (QED) is 0.834. The molecule has 1 aromatic carbocycles. The van der Waals surface area contributed by atoms with E-state index in [1.54, 1.807) is 0 Å². The molecule has 0 bridgehead atoms. The Balaban J connectivity index is 1.76. The molecule has 1 heterocycles. The Bertz CT molecular complexity index is 480. The van der Waals surface area contributed by atoms with Crippen LogP contribution < -0.4 is 4.74 Å². The Labute approximate surface area is 127 Å². The third-order valence-electron chi connectivity index (χ3n) is 4.09. The van der Waals surface area contributed by atoms with Crippen molar-refractivity contribution in [1.82, 2.24) is 9.80 Å². The number of likely N-dealkylation sites (N-methyl/N-ethyl adjacent to an activating group) is 1. The molecule has 0 aliphatic carbocycles. The van der Waals surface area contributed by atoms with Crippen molar-refractivity contribution in [3.63, 3.8) is 0 Å². The topological polar surface area (TPSA) is 32.8 Å². The molecule has 1 aromatic rings. The highest BCUT2D eigenvalue weighted by Gasteiger charge is 2.19. The average Bonchev–Trinajstić information content (AvgIpc) is 2.50. The van der Waals surface area contributed by atoms with Crippen LogP contribution in [0.25, 0.3) is 0 Å². The van der Waals surface area contributed by atoms with Gasteiger partial charge in [-0.2, -0.15) is 0 Å². The van der Waals surface area contributed by atoms with Gasteiger partial charge in [0.05, 0.1) is 13.0 Å². The highest BCUT2D eigenvalue weighted by atomic mass is 16.5. The van der Waals surface area contributed by atoms with E-state index < -0.39 is 0 Å². The summed E-state index contributed by atoms with van der Waals surface area (Å²) in [6.45, 7) is 11.4. The van der Waals surface area contributed by atoms with Gasteiger partial charge in [-0.25, -0.2) is 0 Å². The number of carbonyl (C=O) groups excluding carboxylic acids is 1. The van der Waals surface area contributed by atoms with Crippen LogP contribution in [0.3, 0.4) is 0 Å². The van der Waals surface area contributed by atoms with Crippen molar-refractivity contribution in [2.45, 2.75) is 27.2 Å². The summed E-state index contributed by atoms with van der Waals surface area (Å²) in [6, 6.07) is 6.15. The zero-order valence-electron chi connectivity index (χ0n) is 13.4. The summed E-state index contributed by atoms with van der Waals surface area (Å²) >= 11 is 0. The number of ether oxygens (including phenoxy) is 1. The maximum Gasteiger partial charge on any atom is 0.226 e. The van der Waals surface area contributed by atoms with E-state index in [2.05, 4.69) is 24.0 Å². The summed E-state index contributed by atoms with van der Waals surface area (Å²) in [7, 11) is 0. The summed E-state index contributed by atoms with van der Waals surface area (Å²) in [5, 5.41) is 0. The summed E-state index contributed by atoms with van der Waals surface area (Å²) in [6.07, 6.45) is 0.458. The zero-order valence-corrected chi connectivity index (χ0v) is 13.4. The van der Waals surface area contributed by atoms with E-state index >= 15 is 0 Å². The van der Waals surface area contributed by atoms with Gasteiger partial charge in [0.15, 0.2) is 0 Å². The number of rotatable bonds is 5. The lowest BCUT2D eigenvalue weighted by Gasteiger charge is -2.34. The van der Waals surface area contributed by atoms with E-state index in [1.165, 1.54) is 5.56 Å². The monoisotopic (exact) mass is 290 g/mol. The maximum atomic E-state index is 12.2. The summed E-state index contributed by atoms with van der Waals surface area (Å²) in [5.74, 6) is 1.09. The minimum absolute atomic E-state index is 0.205. The minimum Gasteiger partial charge on any atom is -0.493 e. The van der Waals surface area contributed by atoms with Crippen molar-refractivity contribution in [3.05, 3.63) is 29.3 Å². The van der Waals surface area contributed by atoms with Crippen molar-refractivity contribution in [1.29, 1.82) is 0 Å². The third kappa shape index (κ3) is 4.46.